The van der Waals surface area contributed by atoms with Gasteiger partial charge in [-0.1, -0.05) is 78.9 Å². The first-order chi connectivity index (χ1) is 31.3. The first kappa shape index (κ1) is 47.4. The summed E-state index contributed by atoms with van der Waals surface area (Å²) in [5, 5.41) is 13.6. The lowest BCUT2D eigenvalue weighted by atomic mass is 10.00. The maximum atomic E-state index is 15.2. The summed E-state index contributed by atoms with van der Waals surface area (Å²) in [6.45, 7) is 3.28. The second-order valence-corrected chi connectivity index (χ2v) is 16.3. The number of fused-ring (bicyclic) bond motifs is 2. The average molecular weight is 884 g/mol. The number of aliphatic imine (C=N–C) groups is 2. The van der Waals surface area contributed by atoms with E-state index in [1.807, 2.05) is 54.6 Å². The zero-order valence-corrected chi connectivity index (χ0v) is 36.5. The van der Waals surface area contributed by atoms with Gasteiger partial charge < -0.3 is 43.5 Å². The van der Waals surface area contributed by atoms with E-state index in [4.69, 9.17) is 17.2 Å². The second-order valence-electron chi connectivity index (χ2n) is 16.3. The second kappa shape index (κ2) is 22.5. The number of para-hydroxylation sites is 1. The minimum Gasteiger partial charge on any atom is -0.361 e. The van der Waals surface area contributed by atoms with Gasteiger partial charge in [0.2, 0.25) is 23.6 Å². The molecule has 6 rings (SSSR count). The lowest BCUT2D eigenvalue weighted by Crippen LogP contribution is -2.60. The number of amides is 6. The van der Waals surface area contributed by atoms with Crippen molar-refractivity contribution in [1.82, 2.24) is 26.3 Å². The van der Waals surface area contributed by atoms with E-state index in [-0.39, 0.29) is 31.4 Å². The number of rotatable bonds is 21. The van der Waals surface area contributed by atoms with Crippen LogP contribution in [-0.2, 0) is 41.6 Å². The topological polar surface area (TPSA) is 272 Å². The SMILES string of the molecule is C[C@H](N)C(=O)N[C@@H](Cc1c[nH]c2ccccc12)C(=O)N[C@@H](Cc1ccccc1)C(=O)N[C@@H](CCCCN)C(=O)N(C(=O)[C@H](CC1C=NC=N1)NC(=O)[C@H](C)N)c1ccc2ccccc2c1. The highest BCUT2D eigenvalue weighted by Gasteiger charge is 2.38. The Morgan fingerprint density at radius 3 is 1.95 bits per heavy atom. The summed E-state index contributed by atoms with van der Waals surface area (Å²) in [6.07, 6.45) is 5.62. The summed E-state index contributed by atoms with van der Waals surface area (Å²) in [4.78, 5) is 97.9. The number of carbonyl (C=O) groups excluding carboxylic acids is 6. The Balaban J connectivity index is 1.36. The molecule has 0 bridgehead atoms. The molecule has 340 valence electrons. The number of imide groups is 1. The van der Waals surface area contributed by atoms with E-state index in [9.17, 15) is 24.0 Å². The van der Waals surface area contributed by atoms with Crippen LogP contribution in [0.3, 0.4) is 0 Å². The van der Waals surface area contributed by atoms with Crippen molar-refractivity contribution in [2.75, 3.05) is 11.4 Å². The first-order valence-electron chi connectivity index (χ1n) is 21.8. The molecule has 2 heterocycles. The van der Waals surface area contributed by atoms with Crippen molar-refractivity contribution in [2.45, 2.75) is 94.7 Å². The summed E-state index contributed by atoms with van der Waals surface area (Å²) in [6, 6.07) is 21.5. The van der Waals surface area contributed by atoms with Crippen molar-refractivity contribution in [3.8, 4) is 0 Å². The van der Waals surface area contributed by atoms with Gasteiger partial charge in [-0.25, -0.2) is 9.89 Å². The summed E-state index contributed by atoms with van der Waals surface area (Å²) in [7, 11) is 0. The van der Waals surface area contributed by atoms with E-state index in [1.165, 1.54) is 26.4 Å². The van der Waals surface area contributed by atoms with Crippen LogP contribution < -0.4 is 43.4 Å². The van der Waals surface area contributed by atoms with Crippen LogP contribution in [0.2, 0.25) is 0 Å². The Morgan fingerprint density at radius 1 is 0.677 bits per heavy atom. The van der Waals surface area contributed by atoms with Crippen LogP contribution >= 0.6 is 0 Å². The lowest BCUT2D eigenvalue weighted by molar-refractivity contribution is -0.135. The molecule has 17 nitrogen and oxygen atoms in total. The van der Waals surface area contributed by atoms with Crippen LogP contribution in [0.15, 0.2) is 113 Å². The van der Waals surface area contributed by atoms with Crippen LogP contribution in [0.25, 0.3) is 21.7 Å². The number of hydrogen-bond acceptors (Lipinski definition) is 11. The van der Waals surface area contributed by atoms with Crippen LogP contribution in [0.4, 0.5) is 5.69 Å². The maximum Gasteiger partial charge on any atom is 0.256 e. The fourth-order valence-corrected chi connectivity index (χ4v) is 7.57. The standard InChI is InChI=1S/C48H57N11O6/c1-29(50)43(60)56-41(24-34-26-53-38-17-9-8-16-37(34)38)46(63)57-40(22-31-12-4-3-5-13-31)45(62)55-39(18-10-11-21-49)47(64)59(36-20-19-32-14-6-7-15-33(32)23-36)48(65)42(58-44(61)30(2)51)25-35-27-52-28-54-35/h3-9,12-17,19-20,23,26-30,35,39-42,53H,10-11,18,21-22,24-25,49-51H2,1-2H3,(H,55,62)(H,56,60)(H,57,63)(H,58,61)/t29-,30-,35?,39-,40-,41-,42-/m0/s1. The smallest absolute Gasteiger partial charge is 0.256 e. The molecule has 0 fully saturated rings. The zero-order valence-electron chi connectivity index (χ0n) is 36.5. The third-order valence-corrected chi connectivity index (χ3v) is 11.1. The Hall–Kier alpha value is -7.08. The molecule has 65 heavy (non-hydrogen) atoms. The van der Waals surface area contributed by atoms with Crippen molar-refractivity contribution >= 4 is 75.4 Å². The number of aromatic amines is 1. The maximum absolute atomic E-state index is 15.2. The number of benzene rings is 4. The number of aromatic nitrogens is 1. The van der Waals surface area contributed by atoms with Gasteiger partial charge in [-0.2, -0.15) is 0 Å². The van der Waals surface area contributed by atoms with E-state index < -0.39 is 77.7 Å². The van der Waals surface area contributed by atoms with Crippen molar-refractivity contribution < 1.29 is 28.8 Å². The van der Waals surface area contributed by atoms with E-state index >= 15 is 4.79 Å². The molecule has 4 aromatic carbocycles. The number of hydrogen-bond donors (Lipinski definition) is 8. The predicted octanol–water partition coefficient (Wildman–Crippen LogP) is 2.30. The summed E-state index contributed by atoms with van der Waals surface area (Å²) in [5.74, 6) is -4.15. The lowest BCUT2D eigenvalue weighted by Gasteiger charge is -2.31. The molecule has 17 heteroatoms. The highest BCUT2D eigenvalue weighted by atomic mass is 16.2. The first-order valence-corrected chi connectivity index (χ1v) is 21.8. The largest absolute Gasteiger partial charge is 0.361 e. The van der Waals surface area contributed by atoms with Crippen molar-refractivity contribution in [3.63, 3.8) is 0 Å². The van der Waals surface area contributed by atoms with Gasteiger partial charge in [0.1, 0.15) is 30.5 Å². The van der Waals surface area contributed by atoms with Crippen molar-refractivity contribution in [1.29, 1.82) is 0 Å². The van der Waals surface area contributed by atoms with E-state index in [0.717, 1.165) is 32.1 Å². The third kappa shape index (κ3) is 12.6. The monoisotopic (exact) mass is 883 g/mol. The number of nitrogens with one attached hydrogen (secondary N) is 5. The van der Waals surface area contributed by atoms with Gasteiger partial charge in [0.15, 0.2) is 0 Å². The molecule has 0 saturated heterocycles. The van der Waals surface area contributed by atoms with E-state index in [1.54, 1.807) is 48.7 Å². The van der Waals surface area contributed by atoms with Crippen molar-refractivity contribution in [2.24, 2.45) is 27.2 Å². The molecular formula is C48H57N11O6. The fraction of sp³-hybridized carbons (Fsp3) is 0.333. The van der Waals surface area contributed by atoms with Gasteiger partial charge in [-0.3, -0.25) is 33.8 Å². The van der Waals surface area contributed by atoms with Gasteiger partial charge in [0.05, 0.1) is 23.8 Å². The predicted molar refractivity (Wildman–Crippen MR) is 252 cm³/mol. The molecular weight excluding hydrogens is 827 g/mol. The quantitative estimate of drug-likeness (QED) is 0.0502. The third-order valence-electron chi connectivity index (χ3n) is 11.1. The minimum absolute atomic E-state index is 0.00528. The fourth-order valence-electron chi connectivity index (χ4n) is 7.57. The Morgan fingerprint density at radius 2 is 1.28 bits per heavy atom. The van der Waals surface area contributed by atoms with Gasteiger partial charge >= 0.3 is 0 Å². The van der Waals surface area contributed by atoms with Crippen molar-refractivity contribution in [3.05, 3.63) is 114 Å². The van der Waals surface area contributed by atoms with Gasteiger partial charge in [-0.15, -0.1) is 0 Å². The van der Waals surface area contributed by atoms with Crippen LogP contribution in [0.1, 0.15) is 50.7 Å². The molecule has 7 atom stereocenters. The molecule has 0 aliphatic carbocycles. The molecule has 1 aliphatic heterocycles. The summed E-state index contributed by atoms with van der Waals surface area (Å²) < 4.78 is 0. The molecule has 6 amide bonds. The normalized spacial score (nSPS) is 15.9. The summed E-state index contributed by atoms with van der Waals surface area (Å²) >= 11 is 0. The van der Waals surface area contributed by atoms with Gasteiger partial charge in [-0.05, 0) is 79.8 Å². The molecule has 1 aromatic heterocycles. The highest BCUT2D eigenvalue weighted by molar-refractivity contribution is 6.20. The Labute approximate surface area is 377 Å². The summed E-state index contributed by atoms with van der Waals surface area (Å²) in [5.41, 5.74) is 20.2. The highest BCUT2D eigenvalue weighted by Crippen LogP contribution is 2.26. The molecule has 1 aliphatic rings. The van der Waals surface area contributed by atoms with Crippen LogP contribution in [0, 0.1) is 0 Å². The van der Waals surface area contributed by atoms with Gasteiger partial charge in [0.25, 0.3) is 11.8 Å². The number of unbranched alkanes of at least 4 members (excludes halogenated alkanes) is 1. The molecule has 0 saturated carbocycles. The number of nitrogens with zero attached hydrogens (tertiary/aromatic N) is 3. The Bertz CT molecular complexity index is 2530. The minimum atomic E-state index is -1.32. The van der Waals surface area contributed by atoms with Gasteiger partial charge in [0, 0.05) is 42.6 Å². The number of carbonyl (C=O) groups is 6. The van der Waals surface area contributed by atoms with Crippen LogP contribution in [0.5, 0.6) is 0 Å². The molecule has 0 radical (unpaired) electrons. The molecule has 0 spiro atoms. The number of anilines is 1. The van der Waals surface area contributed by atoms with E-state index in [0.29, 0.717) is 24.9 Å². The average Bonchev–Trinajstić information content (AvgIpc) is 3.98. The molecule has 11 N–H and O–H groups in total. The zero-order chi connectivity index (χ0) is 46.5. The Kier molecular flexibility index (Phi) is 16.4. The number of nitrogens with two attached hydrogens (primary N) is 3. The number of H-pyrrole nitrogens is 1. The van der Waals surface area contributed by atoms with Crippen LogP contribution in [-0.4, -0.2) is 102 Å². The molecule has 1 unspecified atom stereocenters. The molecule has 5 aromatic rings. The van der Waals surface area contributed by atoms with E-state index in [2.05, 4.69) is 36.2 Å².